The van der Waals surface area contributed by atoms with Gasteiger partial charge < -0.3 is 10.1 Å². The average Bonchev–Trinajstić information content (AvgIpc) is 2.12. The van der Waals surface area contributed by atoms with Crippen molar-refractivity contribution in [1.82, 2.24) is 0 Å². The Kier molecular flexibility index (Phi) is 3.89. The second-order valence-corrected chi connectivity index (χ2v) is 3.46. The summed E-state index contributed by atoms with van der Waals surface area (Å²) < 4.78 is 18.1. The van der Waals surface area contributed by atoms with E-state index in [0.29, 0.717) is 12.2 Å². The minimum Gasteiger partial charge on any atom is -0.383 e. The molecule has 0 saturated heterocycles. The molecule has 0 aromatic heterocycles. The zero-order valence-electron chi connectivity index (χ0n) is 8.80. The molecule has 1 rings (SSSR count). The first kappa shape index (κ1) is 11.0. The van der Waals surface area contributed by atoms with Crippen molar-refractivity contribution in [1.29, 1.82) is 0 Å². The van der Waals surface area contributed by atoms with Crippen molar-refractivity contribution in [2.75, 3.05) is 19.0 Å². The van der Waals surface area contributed by atoms with Gasteiger partial charge in [-0.3, -0.25) is 0 Å². The summed E-state index contributed by atoms with van der Waals surface area (Å²) in [6, 6.07) is 5.31. The first-order valence-corrected chi connectivity index (χ1v) is 4.65. The van der Waals surface area contributed by atoms with E-state index >= 15 is 0 Å². The largest absolute Gasteiger partial charge is 0.383 e. The molecule has 1 aromatic carbocycles. The Morgan fingerprint density at radius 2 is 2.21 bits per heavy atom. The fraction of sp³-hybridized carbons (Fsp3) is 0.455. The number of benzene rings is 1. The molecular formula is C11H16FNO. The predicted octanol–water partition coefficient (Wildman–Crippen LogP) is 2.58. The zero-order valence-corrected chi connectivity index (χ0v) is 8.80. The lowest BCUT2D eigenvalue weighted by Crippen LogP contribution is -2.20. The summed E-state index contributed by atoms with van der Waals surface area (Å²) in [5, 5.41) is 3.15. The van der Waals surface area contributed by atoms with Crippen molar-refractivity contribution in [3.63, 3.8) is 0 Å². The molecule has 3 heteroatoms. The lowest BCUT2D eigenvalue weighted by atomic mass is 10.2. The van der Waals surface area contributed by atoms with Crippen molar-refractivity contribution >= 4 is 5.69 Å². The van der Waals surface area contributed by atoms with Gasteiger partial charge in [-0.25, -0.2) is 4.39 Å². The number of halogens is 1. The fourth-order valence-electron chi connectivity index (χ4n) is 1.26. The zero-order chi connectivity index (χ0) is 10.6. The second kappa shape index (κ2) is 4.96. The van der Waals surface area contributed by atoms with Crippen LogP contribution in [0.15, 0.2) is 18.2 Å². The molecule has 2 nitrogen and oxygen atoms in total. The third kappa shape index (κ3) is 3.00. The molecule has 0 amide bonds. The first-order chi connectivity index (χ1) is 6.63. The Morgan fingerprint density at radius 3 is 2.79 bits per heavy atom. The van der Waals surface area contributed by atoms with Crippen LogP contribution in [-0.4, -0.2) is 19.8 Å². The normalized spacial score (nSPS) is 12.6. The van der Waals surface area contributed by atoms with Crippen molar-refractivity contribution < 1.29 is 9.13 Å². The van der Waals surface area contributed by atoms with Gasteiger partial charge in [-0.15, -0.1) is 0 Å². The van der Waals surface area contributed by atoms with Crippen LogP contribution < -0.4 is 5.32 Å². The van der Waals surface area contributed by atoms with Gasteiger partial charge in [-0.1, -0.05) is 6.07 Å². The minimum absolute atomic E-state index is 0.181. The maximum absolute atomic E-state index is 13.1. The molecule has 78 valence electrons. The summed E-state index contributed by atoms with van der Waals surface area (Å²) in [5.74, 6) is -0.181. The van der Waals surface area contributed by atoms with Gasteiger partial charge in [0.1, 0.15) is 5.82 Å². The lowest BCUT2D eigenvalue weighted by molar-refractivity contribution is 0.190. The highest BCUT2D eigenvalue weighted by Crippen LogP contribution is 2.14. The van der Waals surface area contributed by atoms with Crippen molar-refractivity contribution in [3.05, 3.63) is 29.6 Å². The molecule has 0 aliphatic carbocycles. The van der Waals surface area contributed by atoms with Gasteiger partial charge in [0.2, 0.25) is 0 Å². The van der Waals surface area contributed by atoms with E-state index in [-0.39, 0.29) is 11.9 Å². The van der Waals surface area contributed by atoms with E-state index in [1.54, 1.807) is 20.1 Å². The van der Waals surface area contributed by atoms with E-state index in [0.717, 1.165) is 5.69 Å². The molecule has 0 saturated carbocycles. The highest BCUT2D eigenvalue weighted by molar-refractivity contribution is 5.45. The van der Waals surface area contributed by atoms with Crippen molar-refractivity contribution in [2.24, 2.45) is 0 Å². The molecule has 1 aromatic rings. The summed E-state index contributed by atoms with van der Waals surface area (Å²) in [7, 11) is 1.65. The molecule has 0 heterocycles. The number of anilines is 1. The summed E-state index contributed by atoms with van der Waals surface area (Å²) in [6.45, 7) is 4.34. The molecule has 0 radical (unpaired) electrons. The van der Waals surface area contributed by atoms with Gasteiger partial charge in [0.15, 0.2) is 0 Å². The quantitative estimate of drug-likeness (QED) is 0.801. The number of nitrogens with one attached hydrogen (secondary N) is 1. The van der Waals surface area contributed by atoms with Crippen LogP contribution in [0.5, 0.6) is 0 Å². The Morgan fingerprint density at radius 1 is 1.50 bits per heavy atom. The summed E-state index contributed by atoms with van der Waals surface area (Å²) in [5.41, 5.74) is 1.45. The molecule has 1 N–H and O–H groups in total. The SMILES string of the molecule is COCC(C)Nc1ccc(C)c(F)c1. The van der Waals surface area contributed by atoms with E-state index < -0.39 is 0 Å². The highest BCUT2D eigenvalue weighted by atomic mass is 19.1. The van der Waals surface area contributed by atoms with Crippen molar-refractivity contribution in [2.45, 2.75) is 19.9 Å². The van der Waals surface area contributed by atoms with E-state index in [1.165, 1.54) is 6.07 Å². The molecule has 0 bridgehead atoms. The van der Waals surface area contributed by atoms with Crippen LogP contribution in [0.3, 0.4) is 0 Å². The van der Waals surface area contributed by atoms with E-state index in [9.17, 15) is 4.39 Å². The maximum Gasteiger partial charge on any atom is 0.128 e. The summed E-state index contributed by atoms with van der Waals surface area (Å²) >= 11 is 0. The second-order valence-electron chi connectivity index (χ2n) is 3.46. The molecule has 0 spiro atoms. The lowest BCUT2D eigenvalue weighted by Gasteiger charge is -2.14. The van der Waals surface area contributed by atoms with Crippen LogP contribution in [0, 0.1) is 12.7 Å². The number of methoxy groups -OCH3 is 1. The van der Waals surface area contributed by atoms with E-state index in [1.807, 2.05) is 13.0 Å². The standard InChI is InChI=1S/C11H16FNO/c1-8-4-5-10(6-11(8)12)13-9(2)7-14-3/h4-6,9,13H,7H2,1-3H3. The van der Waals surface area contributed by atoms with Crippen LogP contribution in [-0.2, 0) is 4.74 Å². The highest BCUT2D eigenvalue weighted by Gasteiger charge is 2.03. The van der Waals surface area contributed by atoms with Crippen LogP contribution in [0.4, 0.5) is 10.1 Å². The predicted molar refractivity (Wildman–Crippen MR) is 56.1 cm³/mol. The Labute approximate surface area is 84.1 Å². The van der Waals surface area contributed by atoms with Crippen LogP contribution in [0.25, 0.3) is 0 Å². The average molecular weight is 197 g/mol. The number of aryl methyl sites for hydroxylation is 1. The van der Waals surface area contributed by atoms with Crippen LogP contribution in [0.1, 0.15) is 12.5 Å². The molecule has 14 heavy (non-hydrogen) atoms. The van der Waals surface area contributed by atoms with E-state index in [4.69, 9.17) is 4.74 Å². The minimum atomic E-state index is -0.181. The smallest absolute Gasteiger partial charge is 0.128 e. The van der Waals surface area contributed by atoms with Gasteiger partial charge in [-0.2, -0.15) is 0 Å². The topological polar surface area (TPSA) is 21.3 Å². The number of ether oxygens (including phenoxy) is 1. The van der Waals surface area contributed by atoms with E-state index in [2.05, 4.69) is 5.32 Å². The summed E-state index contributed by atoms with van der Waals surface area (Å²) in [4.78, 5) is 0. The molecule has 1 unspecified atom stereocenters. The van der Waals surface area contributed by atoms with Crippen molar-refractivity contribution in [3.8, 4) is 0 Å². The number of hydrogen-bond acceptors (Lipinski definition) is 2. The molecule has 0 aliphatic heterocycles. The Hall–Kier alpha value is -1.09. The fourth-order valence-corrected chi connectivity index (χ4v) is 1.26. The molecule has 0 aliphatic rings. The van der Waals surface area contributed by atoms with Gasteiger partial charge >= 0.3 is 0 Å². The number of rotatable bonds is 4. The Balaban J connectivity index is 2.63. The molecular weight excluding hydrogens is 181 g/mol. The first-order valence-electron chi connectivity index (χ1n) is 4.65. The van der Waals surface area contributed by atoms with Crippen LogP contribution in [0.2, 0.25) is 0 Å². The van der Waals surface area contributed by atoms with Gasteiger partial charge in [0.25, 0.3) is 0 Å². The monoisotopic (exact) mass is 197 g/mol. The summed E-state index contributed by atoms with van der Waals surface area (Å²) in [6.07, 6.45) is 0. The number of hydrogen-bond donors (Lipinski definition) is 1. The van der Waals surface area contributed by atoms with Crippen LogP contribution >= 0.6 is 0 Å². The van der Waals surface area contributed by atoms with Gasteiger partial charge in [0.05, 0.1) is 6.61 Å². The van der Waals surface area contributed by atoms with Gasteiger partial charge in [-0.05, 0) is 31.5 Å². The molecule has 0 fully saturated rings. The maximum atomic E-state index is 13.1. The third-order valence-corrected chi connectivity index (χ3v) is 2.00. The third-order valence-electron chi connectivity index (χ3n) is 2.00. The van der Waals surface area contributed by atoms with Gasteiger partial charge in [0, 0.05) is 18.8 Å². The Bertz CT molecular complexity index is 301. The molecule has 1 atom stereocenters.